The predicted molar refractivity (Wildman–Crippen MR) is 174 cm³/mol. The van der Waals surface area contributed by atoms with Crippen LogP contribution in [0.25, 0.3) is 11.8 Å². The van der Waals surface area contributed by atoms with Gasteiger partial charge in [-0.1, -0.05) is 79.8 Å². The Morgan fingerprint density at radius 1 is 1.11 bits per heavy atom. The van der Waals surface area contributed by atoms with Crippen molar-refractivity contribution >= 4 is 56.8 Å². The normalized spacial score (nSPS) is 14.9. The van der Waals surface area contributed by atoms with E-state index in [1.807, 2.05) is 54.6 Å². The van der Waals surface area contributed by atoms with Gasteiger partial charge in [0.2, 0.25) is 0 Å². The van der Waals surface area contributed by atoms with Crippen molar-refractivity contribution in [2.75, 3.05) is 6.61 Å². The van der Waals surface area contributed by atoms with Crippen LogP contribution in [-0.2, 0) is 9.53 Å². The Morgan fingerprint density at radius 3 is 2.52 bits per heavy atom. The highest BCUT2D eigenvalue weighted by Crippen LogP contribution is 2.36. The zero-order valence-electron chi connectivity index (χ0n) is 24.1. The van der Waals surface area contributed by atoms with Gasteiger partial charge in [0.25, 0.3) is 5.56 Å². The molecule has 1 atom stereocenters. The second-order valence-electron chi connectivity index (χ2n) is 10.2. The third-order valence-corrected chi connectivity index (χ3v) is 9.68. The van der Waals surface area contributed by atoms with Crippen LogP contribution in [-0.4, -0.2) is 27.1 Å². The lowest BCUT2D eigenvalue weighted by Gasteiger charge is -2.26. The number of ether oxygens (including phenoxy) is 1. The average molecular weight is 688 g/mol. The van der Waals surface area contributed by atoms with Crippen LogP contribution in [0.5, 0.6) is 0 Å². The maximum Gasteiger partial charge on any atom is 0.338 e. The van der Waals surface area contributed by atoms with Crippen LogP contribution >= 0.6 is 39.0 Å². The van der Waals surface area contributed by atoms with E-state index in [9.17, 15) is 9.59 Å². The number of thiazole rings is 1. The molecule has 0 radical (unpaired) electrons. The molecule has 6 rings (SSSR count). The number of carbonyl (C=O) groups excluding carboxylic acids is 1. The number of hydrogen-bond acceptors (Lipinski definition) is 9. The van der Waals surface area contributed by atoms with Gasteiger partial charge in [-0.2, -0.15) is 0 Å². The van der Waals surface area contributed by atoms with Gasteiger partial charge >= 0.3 is 5.97 Å². The minimum atomic E-state index is -0.742. The van der Waals surface area contributed by atoms with Crippen molar-refractivity contribution in [3.8, 4) is 0 Å². The molecule has 8 nitrogen and oxygen atoms in total. The van der Waals surface area contributed by atoms with Crippen molar-refractivity contribution in [1.29, 1.82) is 0 Å². The van der Waals surface area contributed by atoms with Crippen LogP contribution in [0, 0.1) is 0 Å². The van der Waals surface area contributed by atoms with E-state index in [1.54, 1.807) is 42.1 Å². The minimum Gasteiger partial charge on any atom is -0.463 e. The average Bonchev–Trinajstić information content (AvgIpc) is 3.54. The lowest BCUT2D eigenvalue weighted by molar-refractivity contribution is -0.138. The fraction of sp³-hybridized carbons (Fsp3) is 0.182. The predicted octanol–water partition coefficient (Wildman–Crippen LogP) is 6.36. The smallest absolute Gasteiger partial charge is 0.338 e. The standard InChI is InChI=1S/C33H27BrN4O4S2/c1-4-41-30(40)26-27(21-9-6-5-7-10-21)37-33-38(28(26)22-13-11-20(12-14-22)19(2)3)29(39)25(43-33)18-23-17-24(34)31(42-23)44-32-35-15-8-16-36-32/h5-19,28H,4H2,1-3H3/b25-18+/t28-/m0/s1. The maximum atomic E-state index is 14.2. The van der Waals surface area contributed by atoms with Gasteiger partial charge < -0.3 is 9.15 Å². The number of aromatic nitrogens is 3. The minimum absolute atomic E-state index is 0.190. The van der Waals surface area contributed by atoms with Crippen molar-refractivity contribution in [2.24, 2.45) is 4.99 Å². The zero-order chi connectivity index (χ0) is 30.8. The highest BCUT2D eigenvalue weighted by atomic mass is 79.9. The first-order valence-corrected chi connectivity index (χ1v) is 16.4. The molecule has 0 saturated carbocycles. The van der Waals surface area contributed by atoms with E-state index in [4.69, 9.17) is 14.1 Å². The molecular weight excluding hydrogens is 660 g/mol. The summed E-state index contributed by atoms with van der Waals surface area (Å²) in [5.74, 6) is 0.295. The molecule has 0 bridgehead atoms. The molecule has 0 saturated heterocycles. The van der Waals surface area contributed by atoms with Crippen LogP contribution in [0.15, 0.2) is 114 Å². The number of benzene rings is 2. The molecule has 0 N–H and O–H groups in total. The molecule has 0 fully saturated rings. The van der Waals surface area contributed by atoms with E-state index in [0.29, 0.717) is 47.0 Å². The molecule has 0 amide bonds. The fourth-order valence-corrected chi connectivity index (χ4v) is 7.10. The summed E-state index contributed by atoms with van der Waals surface area (Å²) in [4.78, 5) is 41.7. The highest BCUT2D eigenvalue weighted by Gasteiger charge is 2.35. The molecule has 222 valence electrons. The topological polar surface area (TPSA) is 99.6 Å². The number of fused-ring (bicyclic) bond motifs is 1. The van der Waals surface area contributed by atoms with Gasteiger partial charge in [0.1, 0.15) is 5.76 Å². The molecule has 1 aliphatic rings. The van der Waals surface area contributed by atoms with Crippen molar-refractivity contribution in [2.45, 2.75) is 43.0 Å². The van der Waals surface area contributed by atoms with E-state index in [1.165, 1.54) is 23.1 Å². The Morgan fingerprint density at radius 2 is 1.84 bits per heavy atom. The number of esters is 1. The first-order valence-electron chi connectivity index (χ1n) is 14.0. The van der Waals surface area contributed by atoms with Crippen LogP contribution in [0.1, 0.15) is 55.2 Å². The molecule has 44 heavy (non-hydrogen) atoms. The summed E-state index contributed by atoms with van der Waals surface area (Å²) >= 11 is 6.06. The van der Waals surface area contributed by atoms with E-state index in [2.05, 4.69) is 39.7 Å². The molecule has 5 aromatic rings. The lowest BCUT2D eigenvalue weighted by Crippen LogP contribution is -2.40. The van der Waals surface area contributed by atoms with E-state index >= 15 is 0 Å². The Hall–Kier alpha value is -4.06. The highest BCUT2D eigenvalue weighted by molar-refractivity contribution is 9.10. The van der Waals surface area contributed by atoms with E-state index in [-0.39, 0.29) is 12.2 Å². The summed E-state index contributed by atoms with van der Waals surface area (Å²) < 4.78 is 14.3. The summed E-state index contributed by atoms with van der Waals surface area (Å²) in [5.41, 5.74) is 3.22. The van der Waals surface area contributed by atoms with Gasteiger partial charge in [-0.15, -0.1) is 0 Å². The third-order valence-electron chi connectivity index (χ3n) is 6.97. The van der Waals surface area contributed by atoms with Gasteiger partial charge in [0.05, 0.1) is 32.9 Å². The fourth-order valence-electron chi connectivity index (χ4n) is 4.88. The van der Waals surface area contributed by atoms with Crippen LogP contribution in [0.3, 0.4) is 0 Å². The number of hydrogen-bond donors (Lipinski definition) is 0. The lowest BCUT2D eigenvalue weighted by atomic mass is 9.91. The first kappa shape index (κ1) is 30.0. The molecule has 0 aliphatic carbocycles. The molecule has 11 heteroatoms. The third kappa shape index (κ3) is 5.99. The van der Waals surface area contributed by atoms with Crippen molar-refractivity contribution < 1.29 is 13.9 Å². The maximum absolute atomic E-state index is 14.2. The van der Waals surface area contributed by atoms with Gasteiger partial charge in [-0.25, -0.2) is 19.8 Å². The number of nitrogens with zero attached hydrogens (tertiary/aromatic N) is 4. The molecular formula is C33H27BrN4O4S2. The number of carbonyl (C=O) groups is 1. The van der Waals surface area contributed by atoms with E-state index in [0.717, 1.165) is 16.7 Å². The Balaban J connectivity index is 1.54. The Labute approximate surface area is 270 Å². The number of halogens is 1. The van der Waals surface area contributed by atoms with Crippen LogP contribution in [0.2, 0.25) is 0 Å². The quantitative estimate of drug-likeness (QED) is 0.138. The second-order valence-corrected chi connectivity index (χ2v) is 13.0. The number of rotatable bonds is 8. The summed E-state index contributed by atoms with van der Waals surface area (Å²) in [5, 5.41) is 1.10. The Bertz CT molecular complexity index is 2030. The molecule has 0 spiro atoms. The summed E-state index contributed by atoms with van der Waals surface area (Å²) in [6.45, 7) is 6.20. The molecule has 3 aromatic heterocycles. The second kappa shape index (κ2) is 12.9. The summed E-state index contributed by atoms with van der Waals surface area (Å²) in [6, 6.07) is 20.3. The molecule has 0 unspecified atom stereocenters. The van der Waals surface area contributed by atoms with Crippen molar-refractivity contribution in [3.63, 3.8) is 0 Å². The largest absolute Gasteiger partial charge is 0.463 e. The molecule has 1 aliphatic heterocycles. The van der Waals surface area contributed by atoms with Crippen molar-refractivity contribution in [1.82, 2.24) is 14.5 Å². The van der Waals surface area contributed by atoms with Crippen LogP contribution < -0.4 is 14.9 Å². The van der Waals surface area contributed by atoms with Gasteiger partial charge in [-0.05, 0) is 63.8 Å². The van der Waals surface area contributed by atoms with Gasteiger partial charge in [0.15, 0.2) is 15.1 Å². The monoisotopic (exact) mass is 686 g/mol. The summed E-state index contributed by atoms with van der Waals surface area (Å²) in [7, 11) is 0. The van der Waals surface area contributed by atoms with Crippen LogP contribution in [0.4, 0.5) is 0 Å². The SMILES string of the molecule is CCOC(=O)C1=C(c2ccccc2)N=c2s/c(=C/c3cc(Br)c(Sc4ncccn4)o3)c(=O)n2[C@H]1c1ccc(C(C)C)cc1. The zero-order valence-corrected chi connectivity index (χ0v) is 27.3. The van der Waals surface area contributed by atoms with Crippen molar-refractivity contribution in [3.05, 3.63) is 131 Å². The van der Waals surface area contributed by atoms with Gasteiger partial charge in [0, 0.05) is 24.0 Å². The van der Waals surface area contributed by atoms with E-state index < -0.39 is 12.0 Å². The first-order chi connectivity index (χ1) is 21.3. The molecule has 4 heterocycles. The molecule has 2 aromatic carbocycles. The summed E-state index contributed by atoms with van der Waals surface area (Å²) in [6.07, 6.45) is 5.02. The number of furan rings is 1. The van der Waals surface area contributed by atoms with Gasteiger partial charge in [-0.3, -0.25) is 9.36 Å². The Kier molecular flexibility index (Phi) is 8.79.